The Balaban J connectivity index is 1.86. The van der Waals surface area contributed by atoms with Crippen molar-refractivity contribution in [3.05, 3.63) is 0 Å². The molecule has 0 spiro atoms. The first-order valence-electron chi connectivity index (χ1n) is 6.54. The predicted octanol–water partition coefficient (Wildman–Crippen LogP) is 2.57. The van der Waals surface area contributed by atoms with Crippen LogP contribution >= 0.6 is 0 Å². The normalized spacial score (nSPS) is 44.2. The second kappa shape index (κ2) is 4.84. The number of hydrogen-bond acceptors (Lipinski definition) is 2. The van der Waals surface area contributed by atoms with Crippen LogP contribution in [0.1, 0.15) is 46.0 Å². The summed E-state index contributed by atoms with van der Waals surface area (Å²) in [5, 5.41) is 0. The molecule has 2 N–H and O–H groups in total. The lowest BCUT2D eigenvalue weighted by Gasteiger charge is -2.33. The smallest absolute Gasteiger partial charge is 0.0551 e. The highest BCUT2D eigenvalue weighted by Crippen LogP contribution is 2.35. The van der Waals surface area contributed by atoms with Gasteiger partial charge in [0.25, 0.3) is 0 Å². The molecular weight excluding hydrogens is 186 g/mol. The minimum atomic E-state index is 0.387. The number of hydrogen-bond donors (Lipinski definition) is 1. The fourth-order valence-corrected chi connectivity index (χ4v) is 3.33. The maximum atomic E-state index is 6.40. The molecule has 1 saturated carbocycles. The molecule has 5 unspecified atom stereocenters. The Morgan fingerprint density at radius 1 is 1.13 bits per heavy atom. The lowest BCUT2D eigenvalue weighted by Crippen LogP contribution is -2.40. The molecule has 2 aliphatic rings. The van der Waals surface area contributed by atoms with Crippen LogP contribution in [-0.4, -0.2) is 18.8 Å². The van der Waals surface area contributed by atoms with E-state index in [0.29, 0.717) is 18.1 Å². The second-order valence-electron chi connectivity index (χ2n) is 5.75. The van der Waals surface area contributed by atoms with Gasteiger partial charge < -0.3 is 10.5 Å². The SMILES string of the molecule is CC1CCCC(C(N)C2COC(C)C2)C1. The fourth-order valence-electron chi connectivity index (χ4n) is 3.33. The monoisotopic (exact) mass is 211 g/mol. The van der Waals surface area contributed by atoms with E-state index < -0.39 is 0 Å². The molecule has 1 heterocycles. The Kier molecular flexibility index (Phi) is 3.68. The first-order chi connectivity index (χ1) is 7.16. The van der Waals surface area contributed by atoms with Gasteiger partial charge in [0.05, 0.1) is 12.7 Å². The minimum Gasteiger partial charge on any atom is -0.378 e. The molecule has 15 heavy (non-hydrogen) atoms. The summed E-state index contributed by atoms with van der Waals surface area (Å²) in [6, 6.07) is 0.387. The summed E-state index contributed by atoms with van der Waals surface area (Å²) in [7, 11) is 0. The van der Waals surface area contributed by atoms with Gasteiger partial charge in [-0.05, 0) is 38.0 Å². The summed E-state index contributed by atoms with van der Waals surface area (Å²) in [5.41, 5.74) is 6.40. The Morgan fingerprint density at radius 2 is 1.93 bits per heavy atom. The Labute approximate surface area is 93.6 Å². The second-order valence-corrected chi connectivity index (χ2v) is 5.75. The van der Waals surface area contributed by atoms with Crippen molar-refractivity contribution in [2.45, 2.75) is 58.1 Å². The van der Waals surface area contributed by atoms with Gasteiger partial charge in [-0.25, -0.2) is 0 Å². The summed E-state index contributed by atoms with van der Waals surface area (Å²) in [4.78, 5) is 0. The predicted molar refractivity (Wildman–Crippen MR) is 62.6 cm³/mol. The van der Waals surface area contributed by atoms with Gasteiger partial charge in [-0.3, -0.25) is 0 Å². The standard InChI is InChI=1S/C13H25NO/c1-9-4-3-5-11(6-9)13(14)12-7-10(2)15-8-12/h9-13H,3-8,14H2,1-2H3. The molecule has 0 aromatic rings. The van der Waals surface area contributed by atoms with E-state index in [9.17, 15) is 0 Å². The first kappa shape index (κ1) is 11.4. The molecule has 1 aliphatic heterocycles. The van der Waals surface area contributed by atoms with Crippen LogP contribution in [0.4, 0.5) is 0 Å². The fraction of sp³-hybridized carbons (Fsp3) is 1.00. The molecule has 2 rings (SSSR count). The lowest BCUT2D eigenvalue weighted by atomic mass is 9.75. The molecule has 2 heteroatoms. The van der Waals surface area contributed by atoms with Crippen LogP contribution in [0, 0.1) is 17.8 Å². The average Bonchev–Trinajstić information content (AvgIpc) is 2.64. The van der Waals surface area contributed by atoms with E-state index in [1.807, 2.05) is 0 Å². The van der Waals surface area contributed by atoms with Crippen LogP contribution in [0.2, 0.25) is 0 Å². The molecule has 2 fully saturated rings. The van der Waals surface area contributed by atoms with Crippen molar-refractivity contribution < 1.29 is 4.74 Å². The molecule has 0 bridgehead atoms. The van der Waals surface area contributed by atoms with Gasteiger partial charge in [0.1, 0.15) is 0 Å². The van der Waals surface area contributed by atoms with Crippen LogP contribution in [0.15, 0.2) is 0 Å². The number of rotatable bonds is 2. The Bertz CT molecular complexity index is 207. The molecule has 1 aliphatic carbocycles. The van der Waals surface area contributed by atoms with Gasteiger partial charge in [-0.15, -0.1) is 0 Å². The van der Waals surface area contributed by atoms with E-state index >= 15 is 0 Å². The van der Waals surface area contributed by atoms with E-state index in [1.165, 1.54) is 32.1 Å². The van der Waals surface area contributed by atoms with Gasteiger partial charge >= 0.3 is 0 Å². The zero-order valence-electron chi connectivity index (χ0n) is 10.1. The molecule has 0 aromatic heterocycles. The van der Waals surface area contributed by atoms with Crippen LogP contribution in [0.5, 0.6) is 0 Å². The Hall–Kier alpha value is -0.0800. The summed E-state index contributed by atoms with van der Waals surface area (Å²) >= 11 is 0. The van der Waals surface area contributed by atoms with Crippen molar-refractivity contribution in [2.75, 3.05) is 6.61 Å². The molecule has 5 atom stereocenters. The third-order valence-electron chi connectivity index (χ3n) is 4.30. The molecule has 88 valence electrons. The minimum absolute atomic E-state index is 0.387. The zero-order valence-corrected chi connectivity index (χ0v) is 10.1. The maximum Gasteiger partial charge on any atom is 0.0551 e. The topological polar surface area (TPSA) is 35.2 Å². The van der Waals surface area contributed by atoms with E-state index in [0.717, 1.165) is 18.4 Å². The molecule has 1 saturated heterocycles. The lowest BCUT2D eigenvalue weighted by molar-refractivity contribution is 0.112. The van der Waals surface area contributed by atoms with Crippen molar-refractivity contribution in [3.8, 4) is 0 Å². The van der Waals surface area contributed by atoms with Gasteiger partial charge in [0.15, 0.2) is 0 Å². The summed E-state index contributed by atoms with van der Waals surface area (Å²) in [5.74, 6) is 2.26. The van der Waals surface area contributed by atoms with Crippen LogP contribution in [0.25, 0.3) is 0 Å². The summed E-state index contributed by atoms with van der Waals surface area (Å²) in [6.07, 6.45) is 7.07. The van der Waals surface area contributed by atoms with Gasteiger partial charge in [0, 0.05) is 12.0 Å². The molecular formula is C13H25NO. The van der Waals surface area contributed by atoms with Crippen molar-refractivity contribution in [1.82, 2.24) is 0 Å². The van der Waals surface area contributed by atoms with E-state index in [-0.39, 0.29) is 0 Å². The van der Waals surface area contributed by atoms with Crippen molar-refractivity contribution >= 4 is 0 Å². The third kappa shape index (κ3) is 2.73. The van der Waals surface area contributed by atoms with E-state index in [4.69, 9.17) is 10.5 Å². The quantitative estimate of drug-likeness (QED) is 0.762. The van der Waals surface area contributed by atoms with E-state index in [2.05, 4.69) is 13.8 Å². The third-order valence-corrected chi connectivity index (χ3v) is 4.30. The van der Waals surface area contributed by atoms with Crippen molar-refractivity contribution in [3.63, 3.8) is 0 Å². The van der Waals surface area contributed by atoms with Gasteiger partial charge in [0.2, 0.25) is 0 Å². The van der Waals surface area contributed by atoms with Crippen molar-refractivity contribution in [1.29, 1.82) is 0 Å². The first-order valence-corrected chi connectivity index (χ1v) is 6.54. The number of ether oxygens (including phenoxy) is 1. The van der Waals surface area contributed by atoms with Crippen molar-refractivity contribution in [2.24, 2.45) is 23.5 Å². The summed E-state index contributed by atoms with van der Waals surface area (Å²) in [6.45, 7) is 5.43. The molecule has 0 aromatic carbocycles. The van der Waals surface area contributed by atoms with E-state index in [1.54, 1.807) is 0 Å². The highest BCUT2D eigenvalue weighted by atomic mass is 16.5. The van der Waals surface area contributed by atoms with Crippen LogP contribution < -0.4 is 5.73 Å². The number of nitrogens with two attached hydrogens (primary N) is 1. The van der Waals surface area contributed by atoms with Gasteiger partial charge in [-0.1, -0.05) is 19.8 Å². The zero-order chi connectivity index (χ0) is 10.8. The largest absolute Gasteiger partial charge is 0.378 e. The highest BCUT2D eigenvalue weighted by molar-refractivity contribution is 4.87. The summed E-state index contributed by atoms with van der Waals surface area (Å²) < 4.78 is 5.62. The average molecular weight is 211 g/mol. The molecule has 2 nitrogen and oxygen atoms in total. The van der Waals surface area contributed by atoms with Crippen LogP contribution in [0.3, 0.4) is 0 Å². The Morgan fingerprint density at radius 3 is 2.53 bits per heavy atom. The van der Waals surface area contributed by atoms with Crippen LogP contribution in [-0.2, 0) is 4.74 Å². The molecule has 0 amide bonds. The van der Waals surface area contributed by atoms with Gasteiger partial charge in [-0.2, -0.15) is 0 Å². The molecule has 0 radical (unpaired) electrons. The maximum absolute atomic E-state index is 6.40. The highest BCUT2D eigenvalue weighted by Gasteiger charge is 2.33.